The van der Waals surface area contributed by atoms with Crippen molar-refractivity contribution in [3.05, 3.63) is 82.4 Å². The number of aliphatic carboxylic acids is 4. The maximum atomic E-state index is 11.9. The van der Waals surface area contributed by atoms with Crippen molar-refractivity contribution in [2.75, 3.05) is 33.2 Å². The van der Waals surface area contributed by atoms with E-state index < -0.39 is 23.9 Å². The Hall–Kier alpha value is -3.97. The highest BCUT2D eigenvalue weighted by molar-refractivity contribution is 7.99. The number of hydrogen-bond acceptors (Lipinski definition) is 8. The molecule has 1 atom stereocenters. The van der Waals surface area contributed by atoms with E-state index in [9.17, 15) is 24.0 Å². The average molecular weight is 619 g/mol. The van der Waals surface area contributed by atoms with Gasteiger partial charge in [-0.25, -0.2) is 19.2 Å². The van der Waals surface area contributed by atoms with Crippen LogP contribution < -0.4 is 0 Å². The van der Waals surface area contributed by atoms with E-state index in [2.05, 4.69) is 41.1 Å². The molecule has 0 bridgehead atoms. The zero-order chi connectivity index (χ0) is 31.4. The van der Waals surface area contributed by atoms with Gasteiger partial charge >= 0.3 is 23.9 Å². The van der Waals surface area contributed by atoms with Crippen LogP contribution in [0.4, 0.5) is 0 Å². The van der Waals surface area contributed by atoms with Crippen LogP contribution in [0, 0.1) is 0 Å². The number of carboxylic acid groups (broad SMARTS) is 4. The number of nitrogens with zero attached hydrogens (tertiary/aromatic N) is 2. The van der Waals surface area contributed by atoms with E-state index in [0.29, 0.717) is 30.3 Å². The lowest BCUT2D eigenvalue weighted by Crippen LogP contribution is -2.46. The molecule has 0 aromatic heterocycles. The van der Waals surface area contributed by atoms with Gasteiger partial charge in [-0.05, 0) is 61.9 Å². The Kier molecular flexibility index (Phi) is 13.4. The molecule has 2 aromatic carbocycles. The zero-order valence-electron chi connectivity index (χ0n) is 22.9. The fourth-order valence-corrected chi connectivity index (χ4v) is 5.39. The lowest BCUT2D eigenvalue weighted by atomic mass is 9.95. The standard InChI is InChI=1S/C21H23ClN2OS.2C4H4O4/c1-14(25)15-3-5-20-16(11-15)12-19(24-9-7-23(2)8-10-24)18-13-17(22)4-6-21(18)26-20;2*5-3(6)1-2-4(7)8/h3-6,11,13,19H,7-10,12H2,1-2H3;2*1-2H,(H,5,6)(H,7,8)/b;2*2-1+. The Morgan fingerprint density at radius 3 is 1.76 bits per heavy atom. The summed E-state index contributed by atoms with van der Waals surface area (Å²) in [5.41, 5.74) is 3.37. The molecule has 2 aromatic rings. The van der Waals surface area contributed by atoms with Crippen LogP contribution in [-0.4, -0.2) is 93.1 Å². The van der Waals surface area contributed by atoms with Gasteiger partial charge in [0.05, 0.1) is 0 Å². The van der Waals surface area contributed by atoms with Crippen molar-refractivity contribution < 1.29 is 44.4 Å². The summed E-state index contributed by atoms with van der Waals surface area (Å²) >= 11 is 8.15. The monoisotopic (exact) mass is 618 g/mol. The summed E-state index contributed by atoms with van der Waals surface area (Å²) in [6.45, 7) is 5.91. The van der Waals surface area contributed by atoms with Gasteiger partial charge in [0.1, 0.15) is 0 Å². The third kappa shape index (κ3) is 11.5. The summed E-state index contributed by atoms with van der Waals surface area (Å²) in [4.78, 5) is 57.5. The molecule has 1 unspecified atom stereocenters. The first-order valence-electron chi connectivity index (χ1n) is 12.6. The molecule has 11 nitrogen and oxygen atoms in total. The Balaban J connectivity index is 0.000000319. The third-order valence-corrected chi connectivity index (χ3v) is 7.59. The second-order valence-corrected chi connectivity index (χ2v) is 10.8. The molecule has 4 rings (SSSR count). The Morgan fingerprint density at radius 1 is 0.786 bits per heavy atom. The molecule has 4 N–H and O–H groups in total. The second-order valence-electron chi connectivity index (χ2n) is 9.24. The van der Waals surface area contributed by atoms with Crippen LogP contribution in [0.1, 0.15) is 34.5 Å². The van der Waals surface area contributed by atoms with E-state index in [1.807, 2.05) is 12.1 Å². The average Bonchev–Trinajstić information content (AvgIpc) is 3.08. The molecule has 0 amide bonds. The highest BCUT2D eigenvalue weighted by Gasteiger charge is 2.30. The van der Waals surface area contributed by atoms with E-state index in [1.54, 1.807) is 18.7 Å². The van der Waals surface area contributed by atoms with Gasteiger partial charge in [0.2, 0.25) is 0 Å². The fourth-order valence-electron chi connectivity index (χ4n) is 4.11. The molecule has 0 spiro atoms. The van der Waals surface area contributed by atoms with E-state index >= 15 is 0 Å². The first-order valence-corrected chi connectivity index (χ1v) is 13.8. The molecular formula is C29H31ClN2O9S. The van der Waals surface area contributed by atoms with Crippen molar-refractivity contribution in [1.29, 1.82) is 0 Å². The van der Waals surface area contributed by atoms with Crippen LogP contribution in [0.25, 0.3) is 0 Å². The van der Waals surface area contributed by atoms with Gasteiger partial charge in [-0.1, -0.05) is 29.4 Å². The minimum absolute atomic E-state index is 0.124. The van der Waals surface area contributed by atoms with E-state index in [0.717, 1.165) is 43.2 Å². The number of halogens is 1. The van der Waals surface area contributed by atoms with Crippen LogP contribution in [0.3, 0.4) is 0 Å². The van der Waals surface area contributed by atoms with Gasteiger partial charge < -0.3 is 25.3 Å². The van der Waals surface area contributed by atoms with Crippen molar-refractivity contribution >= 4 is 53.0 Å². The molecule has 0 radical (unpaired) electrons. The summed E-state index contributed by atoms with van der Waals surface area (Å²) < 4.78 is 0. The van der Waals surface area contributed by atoms with Gasteiger partial charge in [-0.2, -0.15) is 0 Å². The molecule has 0 saturated carbocycles. The van der Waals surface area contributed by atoms with Gasteiger partial charge in [-0.15, -0.1) is 0 Å². The molecule has 42 heavy (non-hydrogen) atoms. The number of hydrogen-bond donors (Lipinski definition) is 4. The van der Waals surface area contributed by atoms with E-state index in [-0.39, 0.29) is 5.78 Å². The van der Waals surface area contributed by atoms with Gasteiger partial charge in [0.15, 0.2) is 5.78 Å². The molecule has 13 heteroatoms. The Bertz CT molecular complexity index is 1320. The smallest absolute Gasteiger partial charge is 0.328 e. The summed E-state index contributed by atoms with van der Waals surface area (Å²) in [7, 11) is 2.18. The third-order valence-electron chi connectivity index (χ3n) is 6.15. The Labute approximate surface area is 251 Å². The minimum Gasteiger partial charge on any atom is -0.478 e. The number of rotatable bonds is 6. The van der Waals surface area contributed by atoms with Crippen LogP contribution in [0.5, 0.6) is 0 Å². The number of benzene rings is 2. The molecule has 1 fully saturated rings. The lowest BCUT2D eigenvalue weighted by Gasteiger charge is -2.38. The van der Waals surface area contributed by atoms with Gasteiger partial charge in [-0.3, -0.25) is 9.69 Å². The number of Topliss-reactive ketones (excluding diaryl/α,β-unsaturated/α-hetero) is 1. The fraction of sp³-hybridized carbons (Fsp3) is 0.276. The predicted molar refractivity (Wildman–Crippen MR) is 156 cm³/mol. The van der Waals surface area contributed by atoms with Crippen molar-refractivity contribution in [2.45, 2.75) is 29.2 Å². The number of likely N-dealkylation sites (N-methyl/N-ethyl adjacent to an activating group) is 1. The van der Waals surface area contributed by atoms with Crippen molar-refractivity contribution in [3.63, 3.8) is 0 Å². The van der Waals surface area contributed by atoms with E-state index in [1.165, 1.54) is 20.9 Å². The molecule has 2 aliphatic heterocycles. The van der Waals surface area contributed by atoms with E-state index in [4.69, 9.17) is 32.0 Å². The molecule has 2 aliphatic rings. The van der Waals surface area contributed by atoms with Crippen LogP contribution in [0.15, 0.2) is 70.5 Å². The highest BCUT2D eigenvalue weighted by Crippen LogP contribution is 2.44. The zero-order valence-corrected chi connectivity index (χ0v) is 24.5. The molecule has 0 aliphatic carbocycles. The lowest BCUT2D eigenvalue weighted by molar-refractivity contribution is -0.134. The summed E-state index contributed by atoms with van der Waals surface area (Å²) in [5, 5.41) is 32.0. The highest BCUT2D eigenvalue weighted by atomic mass is 35.5. The summed E-state index contributed by atoms with van der Waals surface area (Å²) in [6, 6.07) is 12.7. The number of carbonyl (C=O) groups is 5. The predicted octanol–water partition coefficient (Wildman–Crippen LogP) is 3.96. The molecule has 2 heterocycles. The number of carbonyl (C=O) groups excluding carboxylic acids is 1. The number of fused-ring (bicyclic) bond motifs is 2. The summed E-state index contributed by atoms with van der Waals surface area (Å²) in [5.74, 6) is -4.90. The van der Waals surface area contributed by atoms with Crippen molar-refractivity contribution in [1.82, 2.24) is 9.80 Å². The maximum Gasteiger partial charge on any atom is 0.328 e. The number of piperazine rings is 1. The van der Waals surface area contributed by atoms with Crippen LogP contribution in [0.2, 0.25) is 5.02 Å². The largest absolute Gasteiger partial charge is 0.478 e. The topological polar surface area (TPSA) is 173 Å². The molecule has 1 saturated heterocycles. The number of ketones is 1. The number of carboxylic acids is 4. The van der Waals surface area contributed by atoms with Crippen molar-refractivity contribution in [3.8, 4) is 0 Å². The summed E-state index contributed by atoms with van der Waals surface area (Å²) in [6.07, 6.45) is 3.15. The molecular weight excluding hydrogens is 588 g/mol. The Morgan fingerprint density at radius 2 is 1.29 bits per heavy atom. The van der Waals surface area contributed by atoms with Crippen LogP contribution >= 0.6 is 23.4 Å². The van der Waals surface area contributed by atoms with Gasteiger partial charge in [0.25, 0.3) is 0 Å². The van der Waals surface area contributed by atoms with Gasteiger partial charge in [0, 0.05) is 76.9 Å². The normalized spacial score (nSPS) is 16.6. The maximum absolute atomic E-state index is 11.9. The first kappa shape index (κ1) is 34.2. The minimum atomic E-state index is -1.26. The first-order chi connectivity index (χ1) is 19.8. The molecule has 224 valence electrons. The van der Waals surface area contributed by atoms with Crippen LogP contribution in [-0.2, 0) is 25.6 Å². The second kappa shape index (κ2) is 16.5. The quantitative estimate of drug-likeness (QED) is 0.271. The SMILES string of the molecule is CC(=O)c1ccc2c(c1)CC(N1CCN(C)CC1)c1cc(Cl)ccc1S2.O=C(O)/C=C/C(=O)O.O=C(O)/C=C/C(=O)O. The van der Waals surface area contributed by atoms with Crippen molar-refractivity contribution in [2.24, 2.45) is 0 Å².